The Hall–Kier alpha value is -3.90. The SMILES string of the molecule is O=C(Nc1ccc(Cl)cc1C(F)(F)F)OC[C@H]1N=C(c2ccccc2)c2ccccc2N(CCCC[C@@H]2CC(Br)=NO2)C1=O. The second-order valence-electron chi connectivity index (χ2n) is 10.2. The standard InChI is InChI=1S/C31H27BrClF3N4O4/c32-27-17-21(44-39-27)10-6-7-15-40-26-12-5-4-11-22(26)28(19-8-2-1-3-9-19)37-25(29(40)41)18-43-30(42)38-24-14-13-20(33)16-23(24)31(34,35)36/h1-5,8-9,11-14,16,21,25H,6-7,10,15,17-18H2,(H,38,42)/t21-,25-/m1/s1. The summed E-state index contributed by atoms with van der Waals surface area (Å²) in [5.41, 5.74) is 1.02. The topological polar surface area (TPSA) is 92.6 Å². The molecule has 3 aromatic carbocycles. The monoisotopic (exact) mass is 690 g/mol. The van der Waals surface area contributed by atoms with E-state index in [4.69, 9.17) is 26.2 Å². The molecule has 2 aliphatic rings. The van der Waals surface area contributed by atoms with Gasteiger partial charge >= 0.3 is 12.3 Å². The van der Waals surface area contributed by atoms with E-state index >= 15 is 0 Å². The molecule has 3 aromatic rings. The highest BCUT2D eigenvalue weighted by Crippen LogP contribution is 2.36. The summed E-state index contributed by atoms with van der Waals surface area (Å²) in [5.74, 6) is -0.401. The highest BCUT2D eigenvalue weighted by Gasteiger charge is 2.35. The van der Waals surface area contributed by atoms with E-state index in [1.807, 2.05) is 54.6 Å². The normalized spacial score (nSPS) is 18.1. The number of carbonyl (C=O) groups excluding carboxylic acids is 2. The van der Waals surface area contributed by atoms with Crippen LogP contribution < -0.4 is 10.2 Å². The van der Waals surface area contributed by atoms with E-state index in [2.05, 4.69) is 26.4 Å². The van der Waals surface area contributed by atoms with Gasteiger partial charge in [-0.15, -0.1) is 0 Å². The van der Waals surface area contributed by atoms with Crippen LogP contribution in [-0.2, 0) is 20.5 Å². The molecule has 8 nitrogen and oxygen atoms in total. The molecule has 230 valence electrons. The van der Waals surface area contributed by atoms with Gasteiger partial charge < -0.3 is 14.5 Å². The van der Waals surface area contributed by atoms with E-state index in [9.17, 15) is 22.8 Å². The van der Waals surface area contributed by atoms with E-state index in [0.29, 0.717) is 36.9 Å². The summed E-state index contributed by atoms with van der Waals surface area (Å²) in [6.45, 7) is -0.133. The third kappa shape index (κ3) is 7.59. The number of ether oxygens (including phenoxy) is 1. The van der Waals surface area contributed by atoms with Crippen LogP contribution in [0.25, 0.3) is 0 Å². The van der Waals surface area contributed by atoms with Gasteiger partial charge in [-0.2, -0.15) is 13.2 Å². The molecule has 2 aliphatic heterocycles. The lowest BCUT2D eigenvalue weighted by Crippen LogP contribution is -2.41. The first-order chi connectivity index (χ1) is 21.1. The number of fused-ring (bicyclic) bond motifs is 1. The molecule has 0 saturated carbocycles. The lowest BCUT2D eigenvalue weighted by atomic mass is 10.00. The second kappa shape index (κ2) is 13.8. The van der Waals surface area contributed by atoms with Gasteiger partial charge in [0.05, 0.1) is 22.6 Å². The number of carbonyl (C=O) groups is 2. The lowest BCUT2D eigenvalue weighted by molar-refractivity contribution is -0.136. The number of amides is 2. The molecule has 0 bridgehead atoms. The van der Waals surface area contributed by atoms with Gasteiger partial charge in [-0.1, -0.05) is 65.3 Å². The van der Waals surface area contributed by atoms with E-state index in [1.165, 1.54) is 6.07 Å². The molecule has 0 spiro atoms. The number of unbranched alkanes of at least 4 members (excludes halogenated alkanes) is 1. The zero-order valence-corrected chi connectivity index (χ0v) is 25.5. The number of anilines is 2. The minimum Gasteiger partial charge on any atom is -0.446 e. The Morgan fingerprint density at radius 2 is 1.84 bits per heavy atom. The van der Waals surface area contributed by atoms with Crippen molar-refractivity contribution in [3.8, 4) is 0 Å². The molecule has 0 saturated heterocycles. The Bertz CT molecular complexity index is 1590. The quantitative estimate of drug-likeness (QED) is 0.232. The lowest BCUT2D eigenvalue weighted by Gasteiger charge is -2.25. The van der Waals surface area contributed by atoms with Gasteiger partial charge in [-0.05, 0) is 59.5 Å². The molecule has 1 N–H and O–H groups in total. The Morgan fingerprint density at radius 1 is 1.09 bits per heavy atom. The summed E-state index contributed by atoms with van der Waals surface area (Å²) in [6.07, 6.45) is -3.08. The molecule has 5 rings (SSSR count). The Morgan fingerprint density at radius 3 is 2.57 bits per heavy atom. The third-order valence-electron chi connectivity index (χ3n) is 7.08. The van der Waals surface area contributed by atoms with Crippen molar-refractivity contribution in [3.05, 3.63) is 94.5 Å². The number of nitrogens with one attached hydrogen (secondary N) is 1. The number of benzene rings is 3. The molecule has 0 unspecified atom stereocenters. The number of hydrogen-bond donors (Lipinski definition) is 1. The zero-order chi connectivity index (χ0) is 31.3. The Balaban J connectivity index is 1.36. The van der Waals surface area contributed by atoms with Crippen molar-refractivity contribution in [2.45, 2.75) is 44.0 Å². The third-order valence-corrected chi connectivity index (χ3v) is 7.79. The maximum absolute atomic E-state index is 14.0. The number of benzodiazepines with no additional fused rings is 1. The van der Waals surface area contributed by atoms with Crippen LogP contribution in [0.2, 0.25) is 5.02 Å². The first-order valence-corrected chi connectivity index (χ1v) is 15.0. The van der Waals surface area contributed by atoms with Crippen LogP contribution in [0.1, 0.15) is 42.4 Å². The molecule has 0 fully saturated rings. The number of hydrogen-bond acceptors (Lipinski definition) is 6. The van der Waals surface area contributed by atoms with E-state index in [-0.39, 0.29) is 11.1 Å². The highest BCUT2D eigenvalue weighted by atomic mass is 79.9. The van der Waals surface area contributed by atoms with Gasteiger partial charge in [0.15, 0.2) is 6.04 Å². The molecule has 44 heavy (non-hydrogen) atoms. The van der Waals surface area contributed by atoms with Crippen LogP contribution in [-0.4, -0.2) is 47.6 Å². The minimum atomic E-state index is -4.76. The number of alkyl halides is 3. The van der Waals surface area contributed by atoms with Crippen LogP contribution >= 0.6 is 27.5 Å². The largest absolute Gasteiger partial charge is 0.446 e. The number of nitrogens with zero attached hydrogens (tertiary/aromatic N) is 3. The van der Waals surface area contributed by atoms with Crippen molar-refractivity contribution in [2.75, 3.05) is 23.4 Å². The molecule has 2 heterocycles. The smallest absolute Gasteiger partial charge is 0.418 e. The highest BCUT2D eigenvalue weighted by molar-refractivity contribution is 9.18. The predicted molar refractivity (Wildman–Crippen MR) is 166 cm³/mol. The summed E-state index contributed by atoms with van der Waals surface area (Å²) in [4.78, 5) is 38.4. The average molecular weight is 692 g/mol. The number of oxime groups is 1. The number of aliphatic imine (C=N–C) groups is 1. The molecule has 2 atom stereocenters. The van der Waals surface area contributed by atoms with Crippen LogP contribution in [0.15, 0.2) is 82.9 Å². The predicted octanol–water partition coefficient (Wildman–Crippen LogP) is 7.83. The summed E-state index contributed by atoms with van der Waals surface area (Å²) in [5, 5.41) is 5.89. The van der Waals surface area contributed by atoms with Crippen LogP contribution in [0.4, 0.5) is 29.3 Å². The second-order valence-corrected chi connectivity index (χ2v) is 11.5. The first-order valence-electron chi connectivity index (χ1n) is 13.8. The van der Waals surface area contributed by atoms with Crippen molar-refractivity contribution in [3.63, 3.8) is 0 Å². The summed E-state index contributed by atoms with van der Waals surface area (Å²) >= 11 is 9.08. The van der Waals surface area contributed by atoms with Gasteiger partial charge in [0.1, 0.15) is 17.3 Å². The van der Waals surface area contributed by atoms with Gasteiger partial charge in [-0.25, -0.2) is 4.79 Å². The summed E-state index contributed by atoms with van der Waals surface area (Å²) in [6, 6.07) is 18.5. The van der Waals surface area contributed by atoms with Crippen LogP contribution in [0, 0.1) is 0 Å². The van der Waals surface area contributed by atoms with Crippen molar-refractivity contribution in [1.29, 1.82) is 0 Å². The van der Waals surface area contributed by atoms with Gasteiger partial charge in [-0.3, -0.25) is 15.1 Å². The molecule has 0 radical (unpaired) electrons. The average Bonchev–Trinajstić information content (AvgIpc) is 3.38. The Kier molecular flexibility index (Phi) is 9.90. The zero-order valence-electron chi connectivity index (χ0n) is 23.2. The number of rotatable bonds is 9. The van der Waals surface area contributed by atoms with E-state index in [0.717, 1.165) is 34.7 Å². The molecule has 2 amide bonds. The Labute approximate surface area is 265 Å². The molecular formula is C31H27BrClF3N4O4. The number of para-hydroxylation sites is 1. The molecule has 13 heteroatoms. The van der Waals surface area contributed by atoms with Crippen molar-refractivity contribution >= 4 is 61.2 Å². The van der Waals surface area contributed by atoms with Crippen LogP contribution in [0.5, 0.6) is 0 Å². The fourth-order valence-corrected chi connectivity index (χ4v) is 5.62. The van der Waals surface area contributed by atoms with Crippen molar-refractivity contribution < 1.29 is 32.3 Å². The molecule has 0 aromatic heterocycles. The van der Waals surface area contributed by atoms with Gasteiger partial charge in [0.2, 0.25) is 0 Å². The summed E-state index contributed by atoms with van der Waals surface area (Å²) < 4.78 is 46.7. The number of halogens is 5. The summed E-state index contributed by atoms with van der Waals surface area (Å²) in [7, 11) is 0. The van der Waals surface area contributed by atoms with Crippen LogP contribution in [0.3, 0.4) is 0 Å². The van der Waals surface area contributed by atoms with Gasteiger partial charge in [0, 0.05) is 29.1 Å². The maximum Gasteiger partial charge on any atom is 0.418 e. The minimum absolute atomic E-state index is 0.0253. The fraction of sp³-hybridized carbons (Fsp3) is 0.290. The first kappa shape index (κ1) is 31.5. The molecule has 0 aliphatic carbocycles. The fourth-order valence-electron chi connectivity index (χ4n) is 5.01. The maximum atomic E-state index is 14.0. The van der Waals surface area contributed by atoms with Gasteiger partial charge in [0.25, 0.3) is 5.91 Å². The van der Waals surface area contributed by atoms with Crippen molar-refractivity contribution in [1.82, 2.24) is 0 Å². The van der Waals surface area contributed by atoms with Crippen molar-refractivity contribution in [2.24, 2.45) is 10.1 Å². The molecular weight excluding hydrogens is 665 g/mol. The van der Waals surface area contributed by atoms with E-state index < -0.39 is 42.1 Å². The van der Waals surface area contributed by atoms with E-state index in [1.54, 1.807) is 4.90 Å².